The van der Waals surface area contributed by atoms with Gasteiger partial charge in [0.2, 0.25) is 0 Å². The number of anilines is 3. The summed E-state index contributed by atoms with van der Waals surface area (Å²) < 4.78 is 3.73. The molecule has 0 aliphatic rings. The third-order valence-electron chi connectivity index (χ3n) is 6.28. The highest BCUT2D eigenvalue weighted by Crippen LogP contribution is 2.44. The monoisotopic (exact) mass is 500 g/mol. The Labute approximate surface area is 218 Å². The molecular weight excluding hydrogens is 477 g/mol. The first kappa shape index (κ1) is 22.5. The Kier molecular flexibility index (Phi) is 5.76. The molecular formula is C32H24N2S2. The normalized spacial score (nSPS) is 11.6. The molecule has 0 amide bonds. The summed E-state index contributed by atoms with van der Waals surface area (Å²) >= 11 is 3.53. The maximum Gasteiger partial charge on any atom is 0.195 e. The molecule has 0 spiro atoms. The van der Waals surface area contributed by atoms with Crippen LogP contribution in [-0.4, -0.2) is 4.98 Å². The number of thiazole rings is 1. The van der Waals surface area contributed by atoms with E-state index in [1.807, 2.05) is 29.6 Å². The minimum absolute atomic E-state index is 0.934. The second-order valence-electron chi connectivity index (χ2n) is 8.69. The van der Waals surface area contributed by atoms with Crippen LogP contribution in [0.5, 0.6) is 0 Å². The molecule has 2 aromatic heterocycles. The maximum absolute atomic E-state index is 5.07. The molecule has 6 aromatic rings. The zero-order valence-electron chi connectivity index (χ0n) is 19.9. The van der Waals surface area contributed by atoms with Gasteiger partial charge in [-0.2, -0.15) is 0 Å². The number of hydrogen-bond acceptors (Lipinski definition) is 4. The van der Waals surface area contributed by atoms with E-state index in [1.54, 1.807) is 11.3 Å². The first-order chi connectivity index (χ1) is 17.6. The number of nitrogens with zero attached hydrogens (tertiary/aromatic N) is 2. The third kappa shape index (κ3) is 3.85. The van der Waals surface area contributed by atoms with Crippen molar-refractivity contribution in [1.29, 1.82) is 0 Å². The number of para-hydroxylation sites is 1. The summed E-state index contributed by atoms with van der Waals surface area (Å²) in [5.74, 6) is 0. The second-order valence-corrected chi connectivity index (χ2v) is 10.8. The van der Waals surface area contributed by atoms with Crippen molar-refractivity contribution >= 4 is 81.2 Å². The van der Waals surface area contributed by atoms with Crippen LogP contribution >= 0.6 is 22.7 Å². The topological polar surface area (TPSA) is 16.1 Å². The molecule has 2 nitrogen and oxygen atoms in total. The Hall–Kier alpha value is -3.99. The van der Waals surface area contributed by atoms with Gasteiger partial charge in [-0.3, -0.25) is 4.90 Å². The van der Waals surface area contributed by atoms with Gasteiger partial charge in [0.25, 0.3) is 0 Å². The molecule has 0 atom stereocenters. The molecule has 2 heterocycles. The molecule has 0 saturated carbocycles. The fourth-order valence-corrected chi connectivity index (χ4v) is 6.76. The summed E-state index contributed by atoms with van der Waals surface area (Å²) in [6.07, 6.45) is 5.91. The van der Waals surface area contributed by atoms with E-state index in [0.717, 1.165) is 38.7 Å². The highest BCUT2D eigenvalue weighted by atomic mass is 32.1. The number of hydrogen-bond donors (Lipinski definition) is 0. The van der Waals surface area contributed by atoms with Gasteiger partial charge in [-0.15, -0.1) is 11.3 Å². The summed E-state index contributed by atoms with van der Waals surface area (Å²) in [7, 11) is 0. The summed E-state index contributed by atoms with van der Waals surface area (Å²) in [4.78, 5) is 7.35. The van der Waals surface area contributed by atoms with Gasteiger partial charge in [-0.25, -0.2) is 4.98 Å². The van der Waals surface area contributed by atoms with Crippen LogP contribution in [0.1, 0.15) is 18.1 Å². The minimum Gasteiger partial charge on any atom is -0.286 e. The Balaban J connectivity index is 1.64. The highest BCUT2D eigenvalue weighted by molar-refractivity contribution is 7.25. The van der Waals surface area contributed by atoms with Gasteiger partial charge < -0.3 is 0 Å². The number of thiophene rings is 1. The average Bonchev–Trinajstić information content (AvgIpc) is 3.48. The molecule has 0 radical (unpaired) electrons. The van der Waals surface area contributed by atoms with Crippen LogP contribution in [0.2, 0.25) is 0 Å². The SMILES string of the molecule is C=C/C=C\c1c(C(=C)C)cccc1N(c1ccc2c(c1)sc1ccccc12)c1nc2ccccc2s1. The van der Waals surface area contributed by atoms with E-state index in [2.05, 4.69) is 110 Å². The van der Waals surface area contributed by atoms with Crippen molar-refractivity contribution in [3.05, 3.63) is 121 Å². The van der Waals surface area contributed by atoms with Gasteiger partial charge in [-0.05, 0) is 48.9 Å². The Morgan fingerprint density at radius 1 is 0.833 bits per heavy atom. The van der Waals surface area contributed by atoms with Crippen molar-refractivity contribution in [2.45, 2.75) is 6.92 Å². The fraction of sp³-hybridized carbons (Fsp3) is 0.0312. The van der Waals surface area contributed by atoms with E-state index in [9.17, 15) is 0 Å². The van der Waals surface area contributed by atoms with Gasteiger partial charge >= 0.3 is 0 Å². The number of aromatic nitrogens is 1. The van der Waals surface area contributed by atoms with E-state index in [4.69, 9.17) is 4.98 Å². The minimum atomic E-state index is 0.934. The Bertz CT molecular complexity index is 1770. The molecule has 0 aliphatic heterocycles. The average molecular weight is 501 g/mol. The Morgan fingerprint density at radius 2 is 1.61 bits per heavy atom. The molecule has 174 valence electrons. The van der Waals surface area contributed by atoms with Gasteiger partial charge in [0.05, 0.1) is 15.9 Å². The van der Waals surface area contributed by atoms with Crippen molar-refractivity contribution in [2.75, 3.05) is 4.90 Å². The number of allylic oxidation sites excluding steroid dienone is 3. The summed E-state index contributed by atoms with van der Waals surface area (Å²) in [5, 5.41) is 3.52. The molecule has 0 unspecified atom stereocenters. The van der Waals surface area contributed by atoms with Crippen molar-refractivity contribution in [3.8, 4) is 0 Å². The summed E-state index contributed by atoms with van der Waals surface area (Å²) in [5.41, 5.74) is 6.38. The van der Waals surface area contributed by atoms with Gasteiger partial charge in [-0.1, -0.05) is 96.8 Å². The van der Waals surface area contributed by atoms with E-state index in [0.29, 0.717) is 0 Å². The Morgan fingerprint density at radius 3 is 2.42 bits per heavy atom. The quantitative estimate of drug-likeness (QED) is 0.211. The molecule has 6 rings (SSSR count). The first-order valence-corrected chi connectivity index (χ1v) is 13.4. The number of fused-ring (bicyclic) bond motifs is 4. The van der Waals surface area contributed by atoms with Gasteiger partial charge in [0, 0.05) is 31.4 Å². The zero-order chi connectivity index (χ0) is 24.6. The van der Waals surface area contributed by atoms with Crippen molar-refractivity contribution in [2.24, 2.45) is 0 Å². The summed E-state index contributed by atoms with van der Waals surface area (Å²) in [6, 6.07) is 30.1. The number of rotatable bonds is 6. The van der Waals surface area contributed by atoms with Gasteiger partial charge in [0.1, 0.15) is 0 Å². The molecule has 0 aliphatic carbocycles. The molecule has 0 bridgehead atoms. The van der Waals surface area contributed by atoms with E-state index in [1.165, 1.54) is 24.9 Å². The highest BCUT2D eigenvalue weighted by Gasteiger charge is 2.21. The molecule has 4 heteroatoms. The van der Waals surface area contributed by atoms with Crippen LogP contribution in [0.15, 0.2) is 110 Å². The van der Waals surface area contributed by atoms with Crippen molar-refractivity contribution in [1.82, 2.24) is 4.98 Å². The number of benzene rings is 4. The lowest BCUT2D eigenvalue weighted by Gasteiger charge is -2.25. The lowest BCUT2D eigenvalue weighted by atomic mass is 9.98. The van der Waals surface area contributed by atoms with E-state index in [-0.39, 0.29) is 0 Å². The summed E-state index contributed by atoms with van der Waals surface area (Å²) in [6.45, 7) is 10.2. The lowest BCUT2D eigenvalue weighted by molar-refractivity contribution is 1.25. The van der Waals surface area contributed by atoms with Crippen LogP contribution in [0.4, 0.5) is 16.5 Å². The largest absolute Gasteiger partial charge is 0.286 e. The van der Waals surface area contributed by atoms with E-state index >= 15 is 0 Å². The fourth-order valence-electron chi connectivity index (χ4n) is 4.62. The van der Waals surface area contributed by atoms with Crippen molar-refractivity contribution in [3.63, 3.8) is 0 Å². The second kappa shape index (κ2) is 9.23. The van der Waals surface area contributed by atoms with Gasteiger partial charge in [0.15, 0.2) is 5.13 Å². The molecule has 0 saturated heterocycles. The predicted octanol–water partition coefficient (Wildman–Crippen LogP) is 10.4. The standard InChI is InChI=1S/C32H24N2S2/c1-4-5-11-24-23(21(2)3)13-10-15-28(24)34(32-33-27-14-7-9-17-30(27)36-32)22-18-19-26-25-12-6-8-16-29(25)35-31(26)20-22/h4-20H,1-2H2,3H3/b11-5-. The molecule has 0 N–H and O–H groups in total. The molecule has 4 aromatic carbocycles. The zero-order valence-corrected chi connectivity index (χ0v) is 21.6. The lowest BCUT2D eigenvalue weighted by Crippen LogP contribution is -2.11. The first-order valence-electron chi connectivity index (χ1n) is 11.8. The third-order valence-corrected chi connectivity index (χ3v) is 8.43. The van der Waals surface area contributed by atoms with Crippen LogP contribution in [-0.2, 0) is 0 Å². The van der Waals surface area contributed by atoms with Crippen LogP contribution in [0.3, 0.4) is 0 Å². The van der Waals surface area contributed by atoms with Crippen LogP contribution in [0, 0.1) is 0 Å². The molecule has 0 fully saturated rings. The molecule has 36 heavy (non-hydrogen) atoms. The van der Waals surface area contributed by atoms with Crippen molar-refractivity contribution < 1.29 is 0 Å². The van der Waals surface area contributed by atoms with Crippen LogP contribution < -0.4 is 4.90 Å². The van der Waals surface area contributed by atoms with Crippen LogP contribution in [0.25, 0.3) is 42.0 Å². The predicted molar refractivity (Wildman–Crippen MR) is 161 cm³/mol. The smallest absolute Gasteiger partial charge is 0.195 e. The van der Waals surface area contributed by atoms with E-state index < -0.39 is 0 Å². The maximum atomic E-state index is 5.07.